The molecule has 5 rings (SSSR count). The first-order valence-electron chi connectivity index (χ1n) is 11.5. The van der Waals surface area contributed by atoms with Gasteiger partial charge in [0, 0.05) is 24.5 Å². The van der Waals surface area contributed by atoms with Crippen molar-refractivity contribution in [2.75, 3.05) is 5.32 Å². The number of amides is 1. The summed E-state index contributed by atoms with van der Waals surface area (Å²) in [6.07, 6.45) is 7.19. The number of halogens is 1. The third kappa shape index (κ3) is 3.48. The predicted octanol–water partition coefficient (Wildman–Crippen LogP) is 5.29. The predicted molar refractivity (Wildman–Crippen MR) is 117 cm³/mol. The zero-order chi connectivity index (χ0) is 21.6. The molecule has 31 heavy (non-hydrogen) atoms. The summed E-state index contributed by atoms with van der Waals surface area (Å²) in [4.78, 5) is 29.5. The number of anilines is 1. The maximum atomic E-state index is 13.8. The van der Waals surface area contributed by atoms with Crippen LogP contribution in [0.1, 0.15) is 62.5 Å². The molecule has 4 nitrogen and oxygen atoms in total. The van der Waals surface area contributed by atoms with Gasteiger partial charge < -0.3 is 5.32 Å². The van der Waals surface area contributed by atoms with E-state index in [0.29, 0.717) is 36.4 Å². The molecule has 162 valence electrons. The van der Waals surface area contributed by atoms with Gasteiger partial charge >= 0.3 is 0 Å². The van der Waals surface area contributed by atoms with E-state index in [1.807, 2.05) is 0 Å². The number of benzene rings is 1. The van der Waals surface area contributed by atoms with Crippen molar-refractivity contribution < 1.29 is 14.0 Å². The molecule has 1 N–H and O–H groups in total. The Balaban J connectivity index is 1.33. The average Bonchev–Trinajstić information content (AvgIpc) is 3.04. The smallest absolute Gasteiger partial charge is 0.225 e. The van der Waals surface area contributed by atoms with Gasteiger partial charge in [0.2, 0.25) is 5.91 Å². The first-order valence-corrected chi connectivity index (χ1v) is 11.5. The van der Waals surface area contributed by atoms with Crippen molar-refractivity contribution in [2.24, 2.45) is 23.2 Å². The fourth-order valence-corrected chi connectivity index (χ4v) is 6.84. The van der Waals surface area contributed by atoms with Crippen LogP contribution in [0.4, 0.5) is 10.2 Å². The summed E-state index contributed by atoms with van der Waals surface area (Å²) in [6, 6.07) is 11.6. The van der Waals surface area contributed by atoms with Crippen LogP contribution in [0, 0.1) is 29.0 Å². The summed E-state index contributed by atoms with van der Waals surface area (Å²) in [5, 5.41) is 2.59. The molecule has 0 saturated heterocycles. The molecule has 0 bridgehead atoms. The lowest BCUT2D eigenvalue weighted by atomic mass is 9.54. The van der Waals surface area contributed by atoms with Crippen molar-refractivity contribution >= 4 is 17.5 Å². The monoisotopic (exact) mass is 420 g/mol. The molecule has 5 heteroatoms. The number of aromatic nitrogens is 1. The Labute approximate surface area is 182 Å². The van der Waals surface area contributed by atoms with Crippen LogP contribution in [-0.4, -0.2) is 16.7 Å². The number of carbonyl (C=O) groups excluding carboxylic acids is 2. The number of hydrogen-bond acceptors (Lipinski definition) is 3. The van der Waals surface area contributed by atoms with Crippen LogP contribution in [0.15, 0.2) is 42.6 Å². The highest BCUT2D eigenvalue weighted by molar-refractivity contribution is 5.90. The summed E-state index contributed by atoms with van der Waals surface area (Å²) < 4.78 is 13.8. The number of ketones is 1. The maximum absolute atomic E-state index is 13.8. The Morgan fingerprint density at radius 1 is 1.23 bits per heavy atom. The van der Waals surface area contributed by atoms with Crippen molar-refractivity contribution in [1.29, 1.82) is 0 Å². The van der Waals surface area contributed by atoms with Gasteiger partial charge in [0.15, 0.2) is 11.6 Å². The van der Waals surface area contributed by atoms with E-state index >= 15 is 0 Å². The Bertz CT molecular complexity index is 1020. The second kappa shape index (κ2) is 7.85. The normalized spacial score (nSPS) is 31.5. The van der Waals surface area contributed by atoms with Gasteiger partial charge in [0.1, 0.15) is 5.78 Å². The minimum Gasteiger partial charge on any atom is -0.308 e. The van der Waals surface area contributed by atoms with Crippen molar-refractivity contribution in [3.05, 3.63) is 59.5 Å². The number of aryl methyl sites for hydroxylation is 1. The van der Waals surface area contributed by atoms with E-state index in [2.05, 4.69) is 41.5 Å². The number of rotatable bonds is 4. The topological polar surface area (TPSA) is 59.1 Å². The SMILES string of the molecule is C[C@]12CCC3c4ccccc4CCC3C1[C@H](CCC(=O)Nc1ncccc1F)CC2=O. The van der Waals surface area contributed by atoms with Crippen LogP contribution in [0.3, 0.4) is 0 Å². The lowest BCUT2D eigenvalue weighted by molar-refractivity contribution is -0.129. The Morgan fingerprint density at radius 2 is 2.06 bits per heavy atom. The van der Waals surface area contributed by atoms with Crippen LogP contribution in [0.5, 0.6) is 0 Å². The molecule has 3 aliphatic rings. The van der Waals surface area contributed by atoms with Crippen LogP contribution >= 0.6 is 0 Å². The highest BCUT2D eigenvalue weighted by Gasteiger charge is 2.58. The van der Waals surface area contributed by atoms with E-state index in [4.69, 9.17) is 0 Å². The Morgan fingerprint density at radius 3 is 2.90 bits per heavy atom. The number of nitrogens with zero attached hydrogens (tertiary/aromatic N) is 1. The Hall–Kier alpha value is -2.56. The van der Waals surface area contributed by atoms with Gasteiger partial charge in [-0.15, -0.1) is 0 Å². The third-order valence-corrected chi connectivity index (χ3v) is 8.24. The van der Waals surface area contributed by atoms with Crippen LogP contribution in [0.25, 0.3) is 0 Å². The molecule has 3 aliphatic carbocycles. The van der Waals surface area contributed by atoms with Gasteiger partial charge in [-0.25, -0.2) is 9.37 Å². The number of carbonyl (C=O) groups is 2. The fraction of sp³-hybridized carbons (Fsp3) is 0.500. The standard InChI is InChI=1S/C26H29FN2O2/c1-26-13-12-19-18-6-3-2-5-16(18)8-10-20(19)24(26)17(15-22(26)30)9-11-23(31)29-25-21(27)7-4-14-28-25/h2-7,14,17,19-20,24H,8-13,15H2,1H3,(H,28,29,31)/t17-,19?,20?,24?,26-/m1/s1. The van der Waals surface area contributed by atoms with Gasteiger partial charge in [-0.2, -0.15) is 0 Å². The molecule has 3 unspecified atom stereocenters. The molecule has 1 aromatic heterocycles. The second-order valence-electron chi connectivity index (χ2n) is 9.80. The zero-order valence-electron chi connectivity index (χ0n) is 17.9. The van der Waals surface area contributed by atoms with E-state index in [1.165, 1.54) is 29.5 Å². The molecule has 1 amide bonds. The van der Waals surface area contributed by atoms with E-state index in [-0.39, 0.29) is 29.5 Å². The van der Waals surface area contributed by atoms with Crippen molar-refractivity contribution in [3.63, 3.8) is 0 Å². The summed E-state index contributed by atoms with van der Waals surface area (Å²) in [5.74, 6) is 1.14. The molecular formula is C26H29FN2O2. The van der Waals surface area contributed by atoms with E-state index in [1.54, 1.807) is 0 Å². The number of Topliss-reactive ketones (excluding diaryl/α,β-unsaturated/α-hetero) is 1. The molecule has 1 heterocycles. The largest absolute Gasteiger partial charge is 0.308 e. The lowest BCUT2D eigenvalue weighted by Gasteiger charge is -2.50. The molecule has 0 radical (unpaired) electrons. The maximum Gasteiger partial charge on any atom is 0.225 e. The number of hydrogen-bond donors (Lipinski definition) is 1. The lowest BCUT2D eigenvalue weighted by Crippen LogP contribution is -2.44. The average molecular weight is 421 g/mol. The minimum absolute atomic E-state index is 0.0264. The van der Waals surface area contributed by atoms with Gasteiger partial charge in [-0.05, 0) is 79.0 Å². The molecule has 0 spiro atoms. The molecule has 1 aromatic carbocycles. The van der Waals surface area contributed by atoms with Gasteiger partial charge in [0.05, 0.1) is 0 Å². The summed E-state index contributed by atoms with van der Waals surface area (Å²) in [5.41, 5.74) is 2.68. The van der Waals surface area contributed by atoms with Crippen molar-refractivity contribution in [2.45, 2.75) is 57.8 Å². The number of pyridine rings is 1. The summed E-state index contributed by atoms with van der Waals surface area (Å²) in [6.45, 7) is 2.17. The van der Waals surface area contributed by atoms with Crippen LogP contribution in [0.2, 0.25) is 0 Å². The first kappa shape index (κ1) is 20.3. The molecule has 2 aromatic rings. The number of nitrogens with one attached hydrogen (secondary N) is 1. The first-order chi connectivity index (χ1) is 15.0. The van der Waals surface area contributed by atoms with Gasteiger partial charge in [-0.3, -0.25) is 9.59 Å². The summed E-state index contributed by atoms with van der Waals surface area (Å²) in [7, 11) is 0. The molecule has 2 fully saturated rings. The van der Waals surface area contributed by atoms with Crippen molar-refractivity contribution in [1.82, 2.24) is 4.98 Å². The molecular weight excluding hydrogens is 391 g/mol. The van der Waals surface area contributed by atoms with E-state index in [0.717, 1.165) is 25.7 Å². The van der Waals surface area contributed by atoms with E-state index < -0.39 is 5.82 Å². The van der Waals surface area contributed by atoms with Crippen LogP contribution in [-0.2, 0) is 16.0 Å². The fourth-order valence-electron chi connectivity index (χ4n) is 6.84. The quantitative estimate of drug-likeness (QED) is 0.731. The van der Waals surface area contributed by atoms with Crippen LogP contribution < -0.4 is 5.32 Å². The molecule has 2 saturated carbocycles. The van der Waals surface area contributed by atoms with Gasteiger partial charge in [0.25, 0.3) is 0 Å². The molecule has 5 atom stereocenters. The highest BCUT2D eigenvalue weighted by Crippen LogP contribution is 2.62. The third-order valence-electron chi connectivity index (χ3n) is 8.24. The zero-order valence-corrected chi connectivity index (χ0v) is 17.9. The minimum atomic E-state index is -0.532. The van der Waals surface area contributed by atoms with E-state index in [9.17, 15) is 14.0 Å². The van der Waals surface area contributed by atoms with Crippen molar-refractivity contribution in [3.8, 4) is 0 Å². The highest BCUT2D eigenvalue weighted by atomic mass is 19.1. The second-order valence-corrected chi connectivity index (χ2v) is 9.80. The number of fused-ring (bicyclic) bond motifs is 5. The summed E-state index contributed by atoms with van der Waals surface area (Å²) >= 11 is 0. The van der Waals surface area contributed by atoms with Gasteiger partial charge in [-0.1, -0.05) is 31.2 Å². The Kier molecular flexibility index (Phi) is 5.15. The molecule has 0 aliphatic heterocycles.